The predicted octanol–water partition coefficient (Wildman–Crippen LogP) is 3.15. The summed E-state index contributed by atoms with van der Waals surface area (Å²) in [5.74, 6) is -0.176. The van der Waals surface area contributed by atoms with Gasteiger partial charge in [0, 0.05) is 30.0 Å². The van der Waals surface area contributed by atoms with E-state index in [1.54, 1.807) is 42.5 Å². The minimum absolute atomic E-state index is 0.0248. The Morgan fingerprint density at radius 1 is 1.11 bits per heavy atom. The second-order valence-electron chi connectivity index (χ2n) is 6.57. The Bertz CT molecular complexity index is 878. The number of rotatable bonds is 5. The third-order valence-electron chi connectivity index (χ3n) is 4.70. The monoisotopic (exact) mass is 362 g/mol. The van der Waals surface area contributed by atoms with E-state index in [4.69, 9.17) is 5.26 Å². The summed E-state index contributed by atoms with van der Waals surface area (Å²) in [6.45, 7) is 3.54. The lowest BCUT2D eigenvalue weighted by Crippen LogP contribution is -2.28. The van der Waals surface area contributed by atoms with Crippen LogP contribution in [-0.4, -0.2) is 36.3 Å². The second-order valence-corrected chi connectivity index (χ2v) is 6.57. The molecule has 138 valence electrons. The average Bonchev–Trinajstić information content (AvgIpc) is 3.23. The van der Waals surface area contributed by atoms with Crippen LogP contribution in [0.5, 0.6) is 0 Å². The molecule has 0 aliphatic carbocycles. The van der Waals surface area contributed by atoms with Gasteiger partial charge in [0.05, 0.1) is 18.2 Å². The van der Waals surface area contributed by atoms with Gasteiger partial charge in [0.25, 0.3) is 5.91 Å². The Labute approximate surface area is 158 Å². The van der Waals surface area contributed by atoms with Gasteiger partial charge in [0.1, 0.15) is 0 Å². The van der Waals surface area contributed by atoms with Gasteiger partial charge in [0.15, 0.2) is 0 Å². The van der Waals surface area contributed by atoms with E-state index in [1.165, 1.54) is 0 Å². The van der Waals surface area contributed by atoms with E-state index in [1.807, 2.05) is 11.8 Å². The van der Waals surface area contributed by atoms with Crippen LogP contribution < -0.4 is 10.6 Å². The first-order valence-corrected chi connectivity index (χ1v) is 9.01. The standard InChI is InChI=1S/C21H22N4O2/c1-15-18(21(27)25-11-2-3-12-25)5-4-6-19(15)24-20(26)14-23-17-9-7-16(13-22)8-10-17/h4-10,23H,2-3,11-12,14H2,1H3,(H,24,26). The molecule has 0 spiro atoms. The lowest BCUT2D eigenvalue weighted by molar-refractivity contribution is -0.114. The van der Waals surface area contributed by atoms with Crippen LogP contribution in [-0.2, 0) is 4.79 Å². The van der Waals surface area contributed by atoms with Crippen LogP contribution in [0.4, 0.5) is 11.4 Å². The molecule has 3 rings (SSSR count). The number of nitriles is 1. The number of carbonyl (C=O) groups is 2. The maximum absolute atomic E-state index is 12.6. The van der Waals surface area contributed by atoms with Gasteiger partial charge in [0.2, 0.25) is 5.91 Å². The largest absolute Gasteiger partial charge is 0.376 e. The summed E-state index contributed by atoms with van der Waals surface area (Å²) < 4.78 is 0. The normalized spacial score (nSPS) is 13.1. The molecule has 6 nitrogen and oxygen atoms in total. The molecule has 2 aromatic carbocycles. The van der Waals surface area contributed by atoms with Crippen molar-refractivity contribution in [3.05, 3.63) is 59.2 Å². The van der Waals surface area contributed by atoms with Gasteiger partial charge in [-0.25, -0.2) is 0 Å². The van der Waals surface area contributed by atoms with Crippen molar-refractivity contribution < 1.29 is 9.59 Å². The molecule has 0 radical (unpaired) electrons. The van der Waals surface area contributed by atoms with Crippen LogP contribution >= 0.6 is 0 Å². The number of nitrogens with zero attached hydrogens (tertiary/aromatic N) is 2. The number of nitrogens with one attached hydrogen (secondary N) is 2. The average molecular weight is 362 g/mol. The Balaban J connectivity index is 1.62. The Morgan fingerprint density at radius 2 is 1.81 bits per heavy atom. The van der Waals surface area contributed by atoms with Crippen LogP contribution in [0.15, 0.2) is 42.5 Å². The van der Waals surface area contributed by atoms with E-state index in [0.717, 1.165) is 37.2 Å². The SMILES string of the molecule is Cc1c(NC(=O)CNc2ccc(C#N)cc2)cccc1C(=O)N1CCCC1. The first-order valence-electron chi connectivity index (χ1n) is 9.01. The molecule has 1 heterocycles. The van der Waals surface area contributed by atoms with E-state index < -0.39 is 0 Å². The summed E-state index contributed by atoms with van der Waals surface area (Å²) in [6, 6.07) is 14.4. The summed E-state index contributed by atoms with van der Waals surface area (Å²) in [5, 5.41) is 14.7. The van der Waals surface area contributed by atoms with Crippen LogP contribution in [0, 0.1) is 18.3 Å². The first kappa shape index (κ1) is 18.5. The van der Waals surface area contributed by atoms with Crippen LogP contribution in [0.1, 0.15) is 34.3 Å². The number of carbonyl (C=O) groups excluding carboxylic acids is 2. The molecule has 2 aromatic rings. The number of anilines is 2. The Kier molecular flexibility index (Phi) is 5.72. The fraction of sp³-hybridized carbons (Fsp3) is 0.286. The third kappa shape index (κ3) is 4.45. The Hall–Kier alpha value is -3.33. The first-order chi connectivity index (χ1) is 13.1. The topological polar surface area (TPSA) is 85.2 Å². The zero-order valence-corrected chi connectivity index (χ0v) is 15.3. The fourth-order valence-corrected chi connectivity index (χ4v) is 3.13. The van der Waals surface area contributed by atoms with Gasteiger partial charge in [-0.2, -0.15) is 5.26 Å². The highest BCUT2D eigenvalue weighted by Gasteiger charge is 2.21. The summed E-state index contributed by atoms with van der Waals surface area (Å²) >= 11 is 0. The number of amides is 2. The molecule has 0 atom stereocenters. The molecule has 1 saturated heterocycles. The van der Waals surface area contributed by atoms with Crippen molar-refractivity contribution in [3.63, 3.8) is 0 Å². The highest BCUT2D eigenvalue weighted by Crippen LogP contribution is 2.22. The molecule has 1 aliphatic rings. The maximum Gasteiger partial charge on any atom is 0.254 e. The number of hydrogen-bond acceptors (Lipinski definition) is 4. The zero-order chi connectivity index (χ0) is 19.2. The minimum Gasteiger partial charge on any atom is -0.376 e. The quantitative estimate of drug-likeness (QED) is 0.856. The van der Waals surface area contributed by atoms with Gasteiger partial charge in [-0.15, -0.1) is 0 Å². The number of benzene rings is 2. The molecule has 0 unspecified atom stereocenters. The summed E-state index contributed by atoms with van der Waals surface area (Å²) in [6.07, 6.45) is 2.09. The van der Waals surface area contributed by atoms with Crippen molar-refractivity contribution in [2.45, 2.75) is 19.8 Å². The maximum atomic E-state index is 12.6. The van der Waals surface area contributed by atoms with Crippen molar-refractivity contribution in [1.29, 1.82) is 5.26 Å². The summed E-state index contributed by atoms with van der Waals surface area (Å²) in [4.78, 5) is 26.8. The van der Waals surface area contributed by atoms with Crippen LogP contribution in [0.2, 0.25) is 0 Å². The van der Waals surface area contributed by atoms with Crippen molar-refractivity contribution in [2.75, 3.05) is 30.3 Å². The molecule has 2 amide bonds. The molecule has 0 saturated carbocycles. The fourth-order valence-electron chi connectivity index (χ4n) is 3.13. The van der Waals surface area contributed by atoms with Gasteiger partial charge < -0.3 is 15.5 Å². The van der Waals surface area contributed by atoms with E-state index in [2.05, 4.69) is 16.7 Å². The predicted molar refractivity (Wildman–Crippen MR) is 105 cm³/mol. The molecule has 0 bridgehead atoms. The van der Waals surface area contributed by atoms with Crippen molar-refractivity contribution >= 4 is 23.2 Å². The molecule has 1 aliphatic heterocycles. The van der Waals surface area contributed by atoms with E-state index in [-0.39, 0.29) is 18.4 Å². The molecular formula is C21H22N4O2. The van der Waals surface area contributed by atoms with E-state index in [0.29, 0.717) is 16.8 Å². The van der Waals surface area contributed by atoms with Crippen molar-refractivity contribution in [3.8, 4) is 6.07 Å². The summed E-state index contributed by atoms with van der Waals surface area (Å²) in [5.41, 5.74) is 3.39. The molecule has 6 heteroatoms. The molecule has 0 aromatic heterocycles. The van der Waals surface area contributed by atoms with Gasteiger partial charge in [-0.05, 0) is 61.7 Å². The second kappa shape index (κ2) is 8.37. The van der Waals surface area contributed by atoms with Gasteiger partial charge >= 0.3 is 0 Å². The third-order valence-corrected chi connectivity index (χ3v) is 4.70. The number of likely N-dealkylation sites (tertiary alicyclic amines) is 1. The van der Waals surface area contributed by atoms with Gasteiger partial charge in [-0.3, -0.25) is 9.59 Å². The highest BCUT2D eigenvalue weighted by atomic mass is 16.2. The minimum atomic E-state index is -0.201. The van der Waals surface area contributed by atoms with Crippen molar-refractivity contribution in [2.24, 2.45) is 0 Å². The lowest BCUT2D eigenvalue weighted by atomic mass is 10.1. The van der Waals surface area contributed by atoms with E-state index in [9.17, 15) is 9.59 Å². The van der Waals surface area contributed by atoms with Crippen molar-refractivity contribution in [1.82, 2.24) is 4.90 Å². The number of hydrogen-bond donors (Lipinski definition) is 2. The van der Waals surface area contributed by atoms with Crippen LogP contribution in [0.25, 0.3) is 0 Å². The smallest absolute Gasteiger partial charge is 0.254 e. The lowest BCUT2D eigenvalue weighted by Gasteiger charge is -2.18. The highest BCUT2D eigenvalue weighted by molar-refractivity contribution is 6.00. The molecule has 2 N–H and O–H groups in total. The van der Waals surface area contributed by atoms with E-state index >= 15 is 0 Å². The zero-order valence-electron chi connectivity index (χ0n) is 15.3. The molecular weight excluding hydrogens is 340 g/mol. The Morgan fingerprint density at radius 3 is 2.48 bits per heavy atom. The van der Waals surface area contributed by atoms with Crippen LogP contribution in [0.3, 0.4) is 0 Å². The molecule has 27 heavy (non-hydrogen) atoms. The molecule has 1 fully saturated rings. The van der Waals surface area contributed by atoms with Gasteiger partial charge in [-0.1, -0.05) is 6.07 Å². The summed E-state index contributed by atoms with van der Waals surface area (Å²) in [7, 11) is 0.